The van der Waals surface area contributed by atoms with Gasteiger partial charge in [-0.25, -0.2) is 9.97 Å². The number of Topliss-reactive ketones (excluding diaryl/α,β-unsaturated/α-hetero) is 1. The van der Waals surface area contributed by atoms with Crippen LogP contribution >= 0.6 is 0 Å². The Balaban J connectivity index is 1.40. The Labute approximate surface area is 207 Å². The molecule has 2 N–H and O–H groups in total. The van der Waals surface area contributed by atoms with Gasteiger partial charge in [-0.2, -0.15) is 0 Å². The van der Waals surface area contributed by atoms with E-state index in [9.17, 15) is 18.0 Å². The third-order valence-corrected chi connectivity index (χ3v) is 7.70. The largest absolute Gasteiger partial charge is 0.573 e. The lowest BCUT2D eigenvalue weighted by Gasteiger charge is -2.74. The second-order valence-electron chi connectivity index (χ2n) is 10.4. The lowest BCUT2D eigenvalue weighted by Crippen LogP contribution is -2.80. The number of ether oxygens (including phenoxy) is 1. The van der Waals surface area contributed by atoms with Crippen LogP contribution in [0.3, 0.4) is 0 Å². The van der Waals surface area contributed by atoms with Gasteiger partial charge in [0, 0.05) is 55.6 Å². The molecule has 3 heterocycles. The van der Waals surface area contributed by atoms with Gasteiger partial charge in [-0.3, -0.25) is 14.6 Å². The van der Waals surface area contributed by atoms with Crippen molar-refractivity contribution in [2.24, 2.45) is 5.92 Å². The number of piperazine rings is 1. The van der Waals surface area contributed by atoms with E-state index >= 15 is 0 Å². The summed E-state index contributed by atoms with van der Waals surface area (Å²) in [6.45, 7) is 8.09. The van der Waals surface area contributed by atoms with Crippen LogP contribution in [-0.4, -0.2) is 74.7 Å². The minimum atomic E-state index is -4.90. The highest BCUT2D eigenvalue weighted by molar-refractivity contribution is 5.95. The summed E-state index contributed by atoms with van der Waals surface area (Å²) in [6, 6.07) is 1.16. The number of carbonyl (C=O) groups excluding carboxylic acids is 1. The summed E-state index contributed by atoms with van der Waals surface area (Å²) in [5.74, 6) is 1.66. The van der Waals surface area contributed by atoms with Crippen LogP contribution in [0.25, 0.3) is 11.3 Å². The highest BCUT2D eigenvalue weighted by Crippen LogP contribution is 2.68. The average molecular weight is 503 g/mol. The van der Waals surface area contributed by atoms with E-state index in [4.69, 9.17) is 12.2 Å². The van der Waals surface area contributed by atoms with Crippen molar-refractivity contribution in [3.05, 3.63) is 24.3 Å². The molecular weight excluding hydrogens is 473 g/mol. The van der Waals surface area contributed by atoms with Crippen molar-refractivity contribution in [1.29, 1.82) is 0 Å². The zero-order valence-electron chi connectivity index (χ0n) is 20.3. The fourth-order valence-electron chi connectivity index (χ4n) is 5.90. The Morgan fingerprint density at radius 2 is 1.89 bits per heavy atom. The molecule has 0 atom stereocenters. The lowest BCUT2D eigenvalue weighted by atomic mass is 9.43. The predicted molar refractivity (Wildman–Crippen MR) is 127 cm³/mol. The molecule has 0 aromatic carbocycles. The van der Waals surface area contributed by atoms with Gasteiger partial charge in [0.1, 0.15) is 0 Å². The SMILES string of the molecule is C#CCN1CCN(C23CC(n4cc(-c5cnc(N)c(OC(F)(F)F)c5)nc4C(=O)C(C)C)(C2)C3)CC1. The summed E-state index contributed by atoms with van der Waals surface area (Å²) in [6.07, 6.45) is 6.37. The number of pyridine rings is 1. The summed E-state index contributed by atoms with van der Waals surface area (Å²) < 4.78 is 44.4. The van der Waals surface area contributed by atoms with Gasteiger partial charge in [0.05, 0.1) is 17.8 Å². The van der Waals surface area contributed by atoms with Gasteiger partial charge in [0.15, 0.2) is 17.4 Å². The van der Waals surface area contributed by atoms with Crippen LogP contribution in [0.1, 0.15) is 43.7 Å². The Morgan fingerprint density at radius 3 is 2.47 bits per heavy atom. The van der Waals surface area contributed by atoms with Crippen LogP contribution < -0.4 is 10.5 Å². The van der Waals surface area contributed by atoms with E-state index in [0.29, 0.717) is 23.6 Å². The highest BCUT2D eigenvalue weighted by Gasteiger charge is 2.71. The van der Waals surface area contributed by atoms with E-state index in [1.807, 2.05) is 4.57 Å². The van der Waals surface area contributed by atoms with Crippen LogP contribution in [0.15, 0.2) is 18.5 Å². The maximum absolute atomic E-state index is 13.1. The van der Waals surface area contributed by atoms with Crippen LogP contribution in [0.5, 0.6) is 5.75 Å². The number of nitrogens with two attached hydrogens (primary N) is 1. The molecule has 11 heteroatoms. The Bertz CT molecular complexity index is 1200. The molecule has 1 saturated heterocycles. The maximum Gasteiger partial charge on any atom is 0.573 e. The van der Waals surface area contributed by atoms with Crippen LogP contribution in [0, 0.1) is 18.3 Å². The molecule has 0 radical (unpaired) electrons. The summed E-state index contributed by atoms with van der Waals surface area (Å²) in [5, 5.41) is 0. The number of ketones is 1. The predicted octanol–water partition coefficient (Wildman–Crippen LogP) is 3.15. The van der Waals surface area contributed by atoms with Crippen LogP contribution in [0.2, 0.25) is 0 Å². The number of hydrogen-bond acceptors (Lipinski definition) is 7. The first-order valence-corrected chi connectivity index (χ1v) is 12.0. The number of nitrogen functional groups attached to an aromatic ring is 1. The van der Waals surface area contributed by atoms with Crippen molar-refractivity contribution < 1.29 is 22.7 Å². The Kier molecular flexibility index (Phi) is 5.80. The minimum Gasteiger partial charge on any atom is -0.402 e. The van der Waals surface area contributed by atoms with Crippen molar-refractivity contribution in [1.82, 2.24) is 24.3 Å². The molecule has 36 heavy (non-hydrogen) atoms. The summed E-state index contributed by atoms with van der Waals surface area (Å²) in [4.78, 5) is 26.3. The Hall–Kier alpha value is -3.10. The van der Waals surface area contributed by atoms with E-state index in [1.54, 1.807) is 20.0 Å². The summed E-state index contributed by atoms with van der Waals surface area (Å²) in [7, 11) is 0. The molecule has 4 aliphatic rings. The molecule has 2 aromatic heterocycles. The number of nitrogens with zero attached hydrogens (tertiary/aromatic N) is 5. The standard InChI is InChI=1S/C25H29F3N6O2/c1-4-5-32-6-8-33(9-7-32)23-13-24(14-23,15-23)34-12-18(31-22(34)20(35)16(2)3)17-10-19(21(29)30-11-17)36-25(26,27)28/h1,10-12,16H,5-9,13-15H2,2-3H3,(H2,29,30). The number of alkyl halides is 3. The monoisotopic (exact) mass is 502 g/mol. The first kappa shape index (κ1) is 24.6. The van der Waals surface area contributed by atoms with Crippen molar-refractivity contribution in [2.45, 2.75) is 50.6 Å². The maximum atomic E-state index is 13.1. The van der Waals surface area contributed by atoms with Crippen LogP contribution in [-0.2, 0) is 5.54 Å². The van der Waals surface area contributed by atoms with Crippen molar-refractivity contribution in [3.63, 3.8) is 0 Å². The second kappa shape index (κ2) is 8.49. The summed E-state index contributed by atoms with van der Waals surface area (Å²) >= 11 is 0. The fraction of sp³-hybridized carbons (Fsp3) is 0.560. The van der Waals surface area contributed by atoms with E-state index in [1.165, 1.54) is 6.20 Å². The zero-order valence-corrected chi connectivity index (χ0v) is 20.3. The number of imidazole rings is 1. The van der Waals surface area contributed by atoms with Gasteiger partial charge in [-0.1, -0.05) is 19.8 Å². The average Bonchev–Trinajstić information content (AvgIpc) is 3.18. The number of hydrogen-bond donors (Lipinski definition) is 1. The van der Waals surface area contributed by atoms with E-state index in [2.05, 4.69) is 30.4 Å². The van der Waals surface area contributed by atoms with Gasteiger partial charge < -0.3 is 15.0 Å². The van der Waals surface area contributed by atoms with Gasteiger partial charge in [0.2, 0.25) is 5.78 Å². The van der Waals surface area contributed by atoms with Crippen molar-refractivity contribution in [2.75, 3.05) is 38.5 Å². The third kappa shape index (κ3) is 4.12. The van der Waals surface area contributed by atoms with Crippen molar-refractivity contribution >= 4 is 11.6 Å². The number of terminal acetylenes is 1. The normalized spacial score (nSPS) is 26.2. The zero-order chi connectivity index (χ0) is 25.9. The van der Waals surface area contributed by atoms with Gasteiger partial charge in [-0.05, 0) is 25.3 Å². The second-order valence-corrected chi connectivity index (χ2v) is 10.4. The van der Waals surface area contributed by atoms with Crippen molar-refractivity contribution in [3.8, 4) is 29.4 Å². The van der Waals surface area contributed by atoms with Gasteiger partial charge >= 0.3 is 6.36 Å². The van der Waals surface area contributed by atoms with Crippen LogP contribution in [0.4, 0.5) is 19.0 Å². The quantitative estimate of drug-likeness (QED) is 0.460. The molecule has 192 valence electrons. The molecule has 2 aromatic rings. The number of aromatic nitrogens is 3. The minimum absolute atomic E-state index is 0.113. The highest BCUT2D eigenvalue weighted by atomic mass is 19.4. The first-order valence-electron chi connectivity index (χ1n) is 12.0. The molecule has 6 rings (SSSR count). The topological polar surface area (TPSA) is 89.5 Å². The van der Waals surface area contributed by atoms with E-state index < -0.39 is 12.1 Å². The molecule has 3 saturated carbocycles. The van der Waals surface area contributed by atoms with E-state index in [-0.39, 0.29) is 28.6 Å². The molecule has 4 fully saturated rings. The fourth-order valence-corrected chi connectivity index (χ4v) is 5.90. The molecule has 8 nitrogen and oxygen atoms in total. The Morgan fingerprint density at radius 1 is 1.22 bits per heavy atom. The molecule has 3 aliphatic carbocycles. The van der Waals surface area contributed by atoms with Gasteiger partial charge in [-0.15, -0.1) is 19.6 Å². The number of rotatable bonds is 7. The molecule has 0 unspecified atom stereocenters. The number of anilines is 1. The molecule has 0 spiro atoms. The molecule has 2 bridgehead atoms. The van der Waals surface area contributed by atoms with Gasteiger partial charge in [0.25, 0.3) is 0 Å². The number of carbonyl (C=O) groups is 1. The smallest absolute Gasteiger partial charge is 0.402 e. The molecule has 0 amide bonds. The molecule has 1 aliphatic heterocycles. The summed E-state index contributed by atoms with van der Waals surface area (Å²) in [5.41, 5.74) is 6.15. The molecular formula is C25H29F3N6O2. The number of halogens is 3. The lowest BCUT2D eigenvalue weighted by molar-refractivity contribution is -0.274. The first-order chi connectivity index (χ1) is 17.0. The van der Waals surface area contributed by atoms with E-state index in [0.717, 1.165) is 51.5 Å². The third-order valence-electron chi connectivity index (χ3n) is 7.70.